The molecule has 0 aliphatic carbocycles. The number of methoxy groups -OCH3 is 1. The van der Waals surface area contributed by atoms with E-state index in [9.17, 15) is 9.18 Å². The fraction of sp³-hybridized carbons (Fsp3) is 0.333. The Morgan fingerprint density at radius 1 is 1.19 bits per heavy atom. The molecule has 0 bridgehead atoms. The van der Waals surface area contributed by atoms with E-state index in [1.54, 1.807) is 35.9 Å². The minimum absolute atomic E-state index is 0.0746. The highest BCUT2D eigenvalue weighted by Crippen LogP contribution is 2.10. The second-order valence-electron chi connectivity index (χ2n) is 5.93. The van der Waals surface area contributed by atoms with Crippen molar-refractivity contribution < 1.29 is 13.9 Å². The Labute approximate surface area is 155 Å². The molecule has 1 amide bonds. The number of aryl methyl sites for hydroxylation is 1. The predicted octanol–water partition coefficient (Wildman–Crippen LogP) is 1.57. The molecular weight excluding hydrogens is 351 g/mol. The highest BCUT2D eigenvalue weighted by Gasteiger charge is 2.10. The Kier molecular flexibility index (Phi) is 6.26. The van der Waals surface area contributed by atoms with Crippen molar-refractivity contribution in [2.24, 2.45) is 0 Å². The van der Waals surface area contributed by atoms with E-state index in [4.69, 9.17) is 4.74 Å². The smallest absolute Gasteiger partial charge is 0.220 e. The first-order valence-corrected chi connectivity index (χ1v) is 8.61. The number of nitrogens with zero attached hydrogens (tertiary/aromatic N) is 4. The van der Waals surface area contributed by atoms with E-state index >= 15 is 0 Å². The van der Waals surface area contributed by atoms with Crippen molar-refractivity contribution >= 4 is 17.4 Å². The summed E-state index contributed by atoms with van der Waals surface area (Å²) in [4.78, 5) is 11.8. The minimum Gasteiger partial charge on any atom is -0.383 e. The molecule has 0 fully saturated rings. The highest BCUT2D eigenvalue weighted by atomic mass is 19.1. The SMILES string of the molecule is COCCNC(=O)CCc1nnc2ccc(NCc3ccc(F)cc3)nn12. The third-order valence-corrected chi connectivity index (χ3v) is 3.92. The van der Waals surface area contributed by atoms with Gasteiger partial charge in [0.25, 0.3) is 0 Å². The maximum atomic E-state index is 13.0. The lowest BCUT2D eigenvalue weighted by Gasteiger charge is -2.07. The van der Waals surface area contributed by atoms with Crippen LogP contribution < -0.4 is 10.6 Å². The molecule has 9 heteroatoms. The van der Waals surface area contributed by atoms with Crippen LogP contribution in [0.5, 0.6) is 0 Å². The summed E-state index contributed by atoms with van der Waals surface area (Å²) in [6, 6.07) is 9.87. The van der Waals surface area contributed by atoms with Crippen molar-refractivity contribution in [3.63, 3.8) is 0 Å². The molecule has 0 unspecified atom stereocenters. The fourth-order valence-corrected chi connectivity index (χ4v) is 2.48. The predicted molar refractivity (Wildman–Crippen MR) is 97.7 cm³/mol. The lowest BCUT2D eigenvalue weighted by atomic mass is 10.2. The zero-order valence-electron chi connectivity index (χ0n) is 15.0. The van der Waals surface area contributed by atoms with Crippen molar-refractivity contribution in [2.45, 2.75) is 19.4 Å². The third-order valence-electron chi connectivity index (χ3n) is 3.92. The second kappa shape index (κ2) is 9.04. The van der Waals surface area contributed by atoms with Gasteiger partial charge in [-0.1, -0.05) is 12.1 Å². The van der Waals surface area contributed by atoms with Crippen molar-refractivity contribution in [1.29, 1.82) is 0 Å². The van der Waals surface area contributed by atoms with Gasteiger partial charge in [0, 0.05) is 33.0 Å². The standard InChI is InChI=1S/C18H21FN6O2/c1-27-11-10-20-18(26)9-8-17-23-22-16-7-6-15(24-25(16)17)21-12-13-2-4-14(19)5-3-13/h2-7H,8-12H2,1H3,(H,20,26)(H,21,24). The molecular formula is C18H21FN6O2. The molecule has 27 heavy (non-hydrogen) atoms. The number of ether oxygens (including phenoxy) is 1. The molecule has 0 radical (unpaired) electrons. The number of rotatable bonds is 9. The van der Waals surface area contributed by atoms with Gasteiger partial charge in [-0.3, -0.25) is 4.79 Å². The van der Waals surface area contributed by atoms with E-state index in [2.05, 4.69) is 25.9 Å². The Bertz CT molecular complexity index is 897. The van der Waals surface area contributed by atoms with Crippen LogP contribution in [-0.4, -0.2) is 46.0 Å². The van der Waals surface area contributed by atoms with Crippen LogP contribution in [0.1, 0.15) is 17.8 Å². The van der Waals surface area contributed by atoms with Gasteiger partial charge in [-0.05, 0) is 29.8 Å². The normalized spacial score (nSPS) is 10.9. The second-order valence-corrected chi connectivity index (χ2v) is 5.93. The quantitative estimate of drug-likeness (QED) is 0.554. The molecule has 0 saturated heterocycles. The van der Waals surface area contributed by atoms with Crippen molar-refractivity contribution in [3.05, 3.63) is 53.6 Å². The number of amides is 1. The van der Waals surface area contributed by atoms with Crippen LogP contribution in [0.2, 0.25) is 0 Å². The Morgan fingerprint density at radius 3 is 2.78 bits per heavy atom. The number of benzene rings is 1. The topological polar surface area (TPSA) is 93.4 Å². The average molecular weight is 372 g/mol. The van der Waals surface area contributed by atoms with Crippen molar-refractivity contribution in [1.82, 2.24) is 25.1 Å². The number of fused-ring (bicyclic) bond motifs is 1. The number of anilines is 1. The zero-order valence-corrected chi connectivity index (χ0v) is 15.0. The molecule has 142 valence electrons. The molecule has 2 aromatic heterocycles. The van der Waals surface area contributed by atoms with E-state index in [1.807, 2.05) is 0 Å². The molecule has 0 spiro atoms. The van der Waals surface area contributed by atoms with Gasteiger partial charge >= 0.3 is 0 Å². The van der Waals surface area contributed by atoms with Crippen molar-refractivity contribution in [3.8, 4) is 0 Å². The Hall–Kier alpha value is -3.07. The fourth-order valence-electron chi connectivity index (χ4n) is 2.48. The lowest BCUT2D eigenvalue weighted by molar-refractivity contribution is -0.121. The number of carbonyl (C=O) groups is 1. The Balaban J connectivity index is 1.61. The summed E-state index contributed by atoms with van der Waals surface area (Å²) >= 11 is 0. The maximum absolute atomic E-state index is 13.0. The molecule has 0 saturated carbocycles. The summed E-state index contributed by atoms with van der Waals surface area (Å²) in [5.41, 5.74) is 1.55. The van der Waals surface area contributed by atoms with Gasteiger partial charge in [0.15, 0.2) is 11.5 Å². The number of hydrogen-bond donors (Lipinski definition) is 2. The maximum Gasteiger partial charge on any atom is 0.220 e. The van der Waals surface area contributed by atoms with Gasteiger partial charge in [-0.15, -0.1) is 15.3 Å². The number of halogens is 1. The van der Waals surface area contributed by atoms with Gasteiger partial charge in [0.1, 0.15) is 11.6 Å². The molecule has 0 aliphatic heterocycles. The summed E-state index contributed by atoms with van der Waals surface area (Å²) in [6.45, 7) is 1.47. The van der Waals surface area contributed by atoms with Gasteiger partial charge < -0.3 is 15.4 Å². The van der Waals surface area contributed by atoms with E-state index in [1.165, 1.54) is 12.1 Å². The van der Waals surface area contributed by atoms with Crippen LogP contribution >= 0.6 is 0 Å². The first-order valence-electron chi connectivity index (χ1n) is 8.61. The third kappa shape index (κ3) is 5.20. The monoisotopic (exact) mass is 372 g/mol. The molecule has 2 heterocycles. The molecule has 3 rings (SSSR count). The van der Waals surface area contributed by atoms with E-state index in [0.717, 1.165) is 5.56 Å². The summed E-state index contributed by atoms with van der Waals surface area (Å²) in [7, 11) is 1.59. The van der Waals surface area contributed by atoms with E-state index in [-0.39, 0.29) is 11.7 Å². The summed E-state index contributed by atoms with van der Waals surface area (Å²) in [5.74, 6) is 0.905. The minimum atomic E-state index is -0.265. The Morgan fingerprint density at radius 2 is 2.00 bits per heavy atom. The molecule has 8 nitrogen and oxygen atoms in total. The van der Waals surface area contributed by atoms with E-state index in [0.29, 0.717) is 49.8 Å². The van der Waals surface area contributed by atoms with Crippen LogP contribution in [-0.2, 0) is 22.5 Å². The molecule has 1 aromatic carbocycles. The lowest BCUT2D eigenvalue weighted by Crippen LogP contribution is -2.27. The van der Waals surface area contributed by atoms with Gasteiger partial charge in [0.2, 0.25) is 5.91 Å². The van der Waals surface area contributed by atoms with Crippen LogP contribution in [0, 0.1) is 5.82 Å². The van der Waals surface area contributed by atoms with E-state index < -0.39 is 0 Å². The van der Waals surface area contributed by atoms with Crippen LogP contribution in [0.15, 0.2) is 36.4 Å². The highest BCUT2D eigenvalue weighted by molar-refractivity contribution is 5.76. The van der Waals surface area contributed by atoms with Crippen LogP contribution in [0.25, 0.3) is 5.65 Å². The zero-order chi connectivity index (χ0) is 19.1. The molecule has 0 atom stereocenters. The molecule has 0 aliphatic rings. The number of aromatic nitrogens is 4. The average Bonchev–Trinajstić information content (AvgIpc) is 3.08. The number of hydrogen-bond acceptors (Lipinski definition) is 6. The largest absolute Gasteiger partial charge is 0.383 e. The van der Waals surface area contributed by atoms with Crippen molar-refractivity contribution in [2.75, 3.05) is 25.6 Å². The van der Waals surface area contributed by atoms with Crippen LogP contribution in [0.4, 0.5) is 10.2 Å². The van der Waals surface area contributed by atoms with Gasteiger partial charge in [-0.2, -0.15) is 4.52 Å². The van der Waals surface area contributed by atoms with Gasteiger partial charge in [0.05, 0.1) is 6.61 Å². The number of carbonyl (C=O) groups excluding carboxylic acids is 1. The summed E-state index contributed by atoms with van der Waals surface area (Å²) in [6.07, 6.45) is 0.716. The summed E-state index contributed by atoms with van der Waals surface area (Å²) in [5, 5.41) is 18.6. The first kappa shape index (κ1) is 18.7. The van der Waals surface area contributed by atoms with Gasteiger partial charge in [-0.25, -0.2) is 4.39 Å². The molecule has 2 N–H and O–H groups in total. The number of nitrogens with one attached hydrogen (secondary N) is 2. The summed E-state index contributed by atoms with van der Waals surface area (Å²) < 4.78 is 19.5. The first-order chi connectivity index (χ1) is 13.2. The van der Waals surface area contributed by atoms with Crippen LogP contribution in [0.3, 0.4) is 0 Å². The molecule has 3 aromatic rings.